The lowest BCUT2D eigenvalue weighted by molar-refractivity contribution is 0.289. The Kier molecular flexibility index (Phi) is 4.11. The second kappa shape index (κ2) is 5.44. The minimum atomic E-state index is 0.450. The van der Waals surface area contributed by atoms with Crippen molar-refractivity contribution in [2.75, 3.05) is 6.54 Å². The zero-order valence-corrected chi connectivity index (χ0v) is 12.3. The van der Waals surface area contributed by atoms with Gasteiger partial charge in [0.15, 0.2) is 0 Å². The molecule has 18 heavy (non-hydrogen) atoms. The van der Waals surface area contributed by atoms with Gasteiger partial charge in [-0.15, -0.1) is 0 Å². The first-order valence-electron chi connectivity index (χ1n) is 7.32. The van der Waals surface area contributed by atoms with Gasteiger partial charge in [0.1, 0.15) is 0 Å². The van der Waals surface area contributed by atoms with Crippen molar-refractivity contribution in [3.63, 3.8) is 0 Å². The van der Waals surface area contributed by atoms with Gasteiger partial charge in [0.25, 0.3) is 0 Å². The van der Waals surface area contributed by atoms with Crippen LogP contribution < -0.4 is 5.32 Å². The fourth-order valence-corrected chi connectivity index (χ4v) is 3.06. The van der Waals surface area contributed by atoms with Gasteiger partial charge >= 0.3 is 0 Å². The molecule has 0 amide bonds. The molecule has 0 fully saturated rings. The molecular formula is C17H27N. The van der Waals surface area contributed by atoms with Crippen molar-refractivity contribution in [1.29, 1.82) is 0 Å². The largest absolute Gasteiger partial charge is 0.310 e. The normalized spacial score (nSPS) is 23.1. The molecule has 0 aromatic heterocycles. The summed E-state index contributed by atoms with van der Waals surface area (Å²) in [6.07, 6.45) is 3.90. The van der Waals surface area contributed by atoms with Crippen LogP contribution >= 0.6 is 0 Å². The van der Waals surface area contributed by atoms with E-state index in [1.807, 2.05) is 0 Å². The maximum atomic E-state index is 3.69. The highest BCUT2D eigenvalue weighted by Crippen LogP contribution is 2.40. The maximum Gasteiger partial charge on any atom is 0.0354 e. The minimum absolute atomic E-state index is 0.450. The number of rotatable bonds is 4. The molecule has 100 valence electrons. The third-order valence-corrected chi connectivity index (χ3v) is 4.03. The van der Waals surface area contributed by atoms with Crippen LogP contribution in [0.5, 0.6) is 0 Å². The predicted octanol–water partition coefficient (Wildman–Crippen LogP) is 4.34. The molecule has 1 aromatic carbocycles. The summed E-state index contributed by atoms with van der Waals surface area (Å²) in [5.41, 5.74) is 3.55. The Balaban J connectivity index is 2.09. The van der Waals surface area contributed by atoms with Crippen LogP contribution in [0.3, 0.4) is 0 Å². The van der Waals surface area contributed by atoms with E-state index in [9.17, 15) is 0 Å². The molecule has 0 heterocycles. The molecule has 1 heteroatoms. The highest BCUT2D eigenvalue weighted by molar-refractivity contribution is 5.35. The summed E-state index contributed by atoms with van der Waals surface area (Å²) in [4.78, 5) is 0. The Labute approximate surface area is 112 Å². The summed E-state index contributed by atoms with van der Waals surface area (Å²) in [6, 6.07) is 9.54. The van der Waals surface area contributed by atoms with Crippen LogP contribution in [-0.2, 0) is 6.42 Å². The molecule has 0 saturated heterocycles. The van der Waals surface area contributed by atoms with Crippen molar-refractivity contribution in [3.8, 4) is 0 Å². The van der Waals surface area contributed by atoms with E-state index in [4.69, 9.17) is 0 Å². The van der Waals surface area contributed by atoms with E-state index < -0.39 is 0 Å². The van der Waals surface area contributed by atoms with Crippen LogP contribution in [0.4, 0.5) is 0 Å². The summed E-state index contributed by atoms with van der Waals surface area (Å²) in [5.74, 6) is 0.779. The van der Waals surface area contributed by atoms with E-state index in [1.54, 1.807) is 11.1 Å². The molecule has 2 rings (SSSR count). The fraction of sp³-hybridized carbons (Fsp3) is 0.647. The topological polar surface area (TPSA) is 12.0 Å². The number of hydrogen-bond acceptors (Lipinski definition) is 1. The molecule has 0 saturated carbocycles. The molecule has 2 unspecified atom stereocenters. The van der Waals surface area contributed by atoms with Crippen molar-refractivity contribution in [2.24, 2.45) is 11.3 Å². The first kappa shape index (κ1) is 13.6. The summed E-state index contributed by atoms with van der Waals surface area (Å²) in [6.45, 7) is 10.3. The Morgan fingerprint density at radius 3 is 2.61 bits per heavy atom. The van der Waals surface area contributed by atoms with Gasteiger partial charge in [-0.05, 0) is 48.3 Å². The van der Waals surface area contributed by atoms with Crippen LogP contribution in [0.15, 0.2) is 24.3 Å². The standard InChI is InChI=1S/C17H27N/c1-5-18-16-14(10-11-17(2,3)4)12-13-8-6-7-9-15(13)16/h6-9,14,16,18H,5,10-12H2,1-4H3. The monoisotopic (exact) mass is 245 g/mol. The lowest BCUT2D eigenvalue weighted by atomic mass is 9.84. The van der Waals surface area contributed by atoms with E-state index in [0.29, 0.717) is 11.5 Å². The van der Waals surface area contributed by atoms with E-state index in [0.717, 1.165) is 12.5 Å². The molecule has 0 spiro atoms. The van der Waals surface area contributed by atoms with E-state index >= 15 is 0 Å². The second-order valence-corrected chi connectivity index (χ2v) is 6.80. The molecular weight excluding hydrogens is 218 g/mol. The van der Waals surface area contributed by atoms with Gasteiger partial charge in [-0.2, -0.15) is 0 Å². The Morgan fingerprint density at radius 1 is 1.22 bits per heavy atom. The maximum absolute atomic E-state index is 3.69. The Bertz CT molecular complexity index is 389. The SMILES string of the molecule is CCNC1c2ccccc2CC1CCC(C)(C)C. The quantitative estimate of drug-likeness (QED) is 0.832. The summed E-state index contributed by atoms with van der Waals surface area (Å²) in [5, 5.41) is 3.69. The molecule has 0 radical (unpaired) electrons. The molecule has 1 aliphatic rings. The molecule has 1 nitrogen and oxygen atoms in total. The molecule has 0 bridgehead atoms. The Hall–Kier alpha value is -0.820. The third kappa shape index (κ3) is 3.14. The minimum Gasteiger partial charge on any atom is -0.310 e. The lowest BCUT2D eigenvalue weighted by Gasteiger charge is -2.25. The Morgan fingerprint density at radius 2 is 1.94 bits per heavy atom. The molecule has 1 N–H and O–H groups in total. The molecule has 1 aromatic rings. The number of hydrogen-bond donors (Lipinski definition) is 1. The van der Waals surface area contributed by atoms with Crippen molar-refractivity contribution < 1.29 is 0 Å². The average Bonchev–Trinajstić information content (AvgIpc) is 2.65. The van der Waals surface area contributed by atoms with Crippen LogP contribution in [0.2, 0.25) is 0 Å². The number of benzene rings is 1. The van der Waals surface area contributed by atoms with Gasteiger partial charge in [-0.1, -0.05) is 52.0 Å². The average molecular weight is 245 g/mol. The second-order valence-electron chi connectivity index (χ2n) is 6.80. The fourth-order valence-electron chi connectivity index (χ4n) is 3.06. The first-order valence-corrected chi connectivity index (χ1v) is 7.32. The van der Waals surface area contributed by atoms with Gasteiger partial charge in [0.05, 0.1) is 0 Å². The highest BCUT2D eigenvalue weighted by atomic mass is 14.9. The van der Waals surface area contributed by atoms with Crippen molar-refractivity contribution >= 4 is 0 Å². The number of nitrogens with one attached hydrogen (secondary N) is 1. The van der Waals surface area contributed by atoms with E-state index in [2.05, 4.69) is 57.3 Å². The predicted molar refractivity (Wildman–Crippen MR) is 78.7 cm³/mol. The summed E-state index contributed by atoms with van der Waals surface area (Å²) in [7, 11) is 0. The molecule has 2 atom stereocenters. The van der Waals surface area contributed by atoms with Crippen LogP contribution in [-0.4, -0.2) is 6.54 Å². The van der Waals surface area contributed by atoms with Gasteiger partial charge in [-0.3, -0.25) is 0 Å². The van der Waals surface area contributed by atoms with Crippen LogP contribution in [0.1, 0.15) is 57.7 Å². The van der Waals surface area contributed by atoms with Gasteiger partial charge in [0.2, 0.25) is 0 Å². The van der Waals surface area contributed by atoms with Gasteiger partial charge in [0, 0.05) is 6.04 Å². The summed E-state index contributed by atoms with van der Waals surface area (Å²) < 4.78 is 0. The lowest BCUT2D eigenvalue weighted by Crippen LogP contribution is -2.26. The third-order valence-electron chi connectivity index (χ3n) is 4.03. The molecule has 1 aliphatic carbocycles. The van der Waals surface area contributed by atoms with Crippen LogP contribution in [0.25, 0.3) is 0 Å². The van der Waals surface area contributed by atoms with E-state index in [-0.39, 0.29) is 0 Å². The van der Waals surface area contributed by atoms with Crippen molar-refractivity contribution in [2.45, 2.75) is 53.0 Å². The zero-order valence-electron chi connectivity index (χ0n) is 12.3. The van der Waals surface area contributed by atoms with E-state index in [1.165, 1.54) is 19.3 Å². The van der Waals surface area contributed by atoms with Crippen LogP contribution in [0, 0.1) is 11.3 Å². The van der Waals surface area contributed by atoms with Crippen molar-refractivity contribution in [3.05, 3.63) is 35.4 Å². The van der Waals surface area contributed by atoms with Gasteiger partial charge < -0.3 is 5.32 Å². The molecule has 0 aliphatic heterocycles. The highest BCUT2D eigenvalue weighted by Gasteiger charge is 2.31. The number of fused-ring (bicyclic) bond motifs is 1. The van der Waals surface area contributed by atoms with Gasteiger partial charge in [-0.25, -0.2) is 0 Å². The smallest absolute Gasteiger partial charge is 0.0354 e. The zero-order chi connectivity index (χ0) is 13.2. The summed E-state index contributed by atoms with van der Waals surface area (Å²) >= 11 is 0. The first-order chi connectivity index (χ1) is 8.51. The van der Waals surface area contributed by atoms with Crippen molar-refractivity contribution in [1.82, 2.24) is 5.32 Å².